The number of hydrogen-bond acceptors (Lipinski definition) is 5. The van der Waals surface area contributed by atoms with Crippen molar-refractivity contribution < 1.29 is 4.79 Å². The van der Waals surface area contributed by atoms with E-state index in [1.54, 1.807) is 17.9 Å². The Balaban J connectivity index is 1.45. The summed E-state index contributed by atoms with van der Waals surface area (Å²) < 4.78 is 4.13. The number of carbonyl (C=O) groups excluding carboxylic acids is 1. The van der Waals surface area contributed by atoms with Crippen LogP contribution in [0.15, 0.2) is 46.2 Å². The first-order valence-corrected chi connectivity index (χ1v) is 10.0. The van der Waals surface area contributed by atoms with Gasteiger partial charge in [-0.3, -0.25) is 18.7 Å². The molecular weight excluding hydrogens is 384 g/mol. The van der Waals surface area contributed by atoms with Crippen molar-refractivity contribution in [2.45, 2.75) is 25.8 Å². The molecule has 1 N–H and O–H groups in total. The van der Waals surface area contributed by atoms with Crippen molar-refractivity contribution in [1.29, 1.82) is 0 Å². The number of fused-ring (bicyclic) bond motifs is 1. The molecular formula is C21H28N6O3. The number of rotatable bonds is 9. The van der Waals surface area contributed by atoms with Crippen LogP contribution in [0.1, 0.15) is 19.3 Å². The van der Waals surface area contributed by atoms with Gasteiger partial charge in [0.05, 0.1) is 6.33 Å². The Morgan fingerprint density at radius 2 is 1.83 bits per heavy atom. The fourth-order valence-corrected chi connectivity index (χ4v) is 3.42. The highest BCUT2D eigenvalue weighted by atomic mass is 16.2. The van der Waals surface area contributed by atoms with Crippen LogP contribution in [0.2, 0.25) is 0 Å². The maximum Gasteiger partial charge on any atom is 0.332 e. The second-order valence-electron chi connectivity index (χ2n) is 7.38. The minimum absolute atomic E-state index is 0.0120. The molecule has 0 radical (unpaired) electrons. The summed E-state index contributed by atoms with van der Waals surface area (Å²) in [5.41, 5.74) is 1.10. The van der Waals surface area contributed by atoms with Crippen LogP contribution in [-0.4, -0.2) is 44.7 Å². The van der Waals surface area contributed by atoms with Crippen LogP contribution < -0.4 is 21.5 Å². The number of aryl methyl sites for hydroxylation is 2. The zero-order valence-corrected chi connectivity index (χ0v) is 17.7. The summed E-state index contributed by atoms with van der Waals surface area (Å²) in [6, 6.07) is 10.1. The van der Waals surface area contributed by atoms with Crippen LogP contribution in [0.4, 0.5) is 5.69 Å². The molecule has 30 heavy (non-hydrogen) atoms. The maximum atomic E-state index is 12.4. The lowest BCUT2D eigenvalue weighted by Crippen LogP contribution is -2.37. The lowest BCUT2D eigenvalue weighted by Gasteiger charge is -2.19. The minimum Gasteiger partial charge on any atom is -0.375 e. The van der Waals surface area contributed by atoms with Crippen LogP contribution in [-0.2, 0) is 25.4 Å². The molecule has 0 unspecified atom stereocenters. The van der Waals surface area contributed by atoms with Gasteiger partial charge in [-0.15, -0.1) is 0 Å². The van der Waals surface area contributed by atoms with Crippen LogP contribution in [0.25, 0.3) is 11.2 Å². The van der Waals surface area contributed by atoms with E-state index in [-0.39, 0.29) is 11.5 Å². The van der Waals surface area contributed by atoms with E-state index in [4.69, 9.17) is 0 Å². The van der Waals surface area contributed by atoms with Crippen molar-refractivity contribution in [1.82, 2.24) is 24.0 Å². The molecule has 1 amide bonds. The highest BCUT2D eigenvalue weighted by Crippen LogP contribution is 2.11. The molecule has 3 rings (SSSR count). The number of anilines is 1. The normalized spacial score (nSPS) is 11.0. The number of amides is 1. The van der Waals surface area contributed by atoms with Gasteiger partial charge in [-0.05, 0) is 25.0 Å². The molecule has 0 spiro atoms. The van der Waals surface area contributed by atoms with E-state index in [1.165, 1.54) is 11.6 Å². The van der Waals surface area contributed by atoms with Gasteiger partial charge in [0.2, 0.25) is 5.91 Å². The summed E-state index contributed by atoms with van der Waals surface area (Å²) in [4.78, 5) is 42.9. The van der Waals surface area contributed by atoms with E-state index in [0.29, 0.717) is 37.1 Å². The molecule has 9 heteroatoms. The smallest absolute Gasteiger partial charge is 0.332 e. The van der Waals surface area contributed by atoms with Gasteiger partial charge in [0, 0.05) is 52.9 Å². The third kappa shape index (κ3) is 4.61. The van der Waals surface area contributed by atoms with Crippen LogP contribution >= 0.6 is 0 Å². The number of nitrogens with zero attached hydrogens (tertiary/aromatic N) is 5. The SMILES string of the molecule is CN(CCCNC(=O)CCCn1cnc2c1c(=O)n(C)c(=O)n2C)c1ccccc1. The largest absolute Gasteiger partial charge is 0.375 e. The lowest BCUT2D eigenvalue weighted by molar-refractivity contribution is -0.121. The third-order valence-electron chi connectivity index (χ3n) is 5.21. The van der Waals surface area contributed by atoms with E-state index < -0.39 is 5.69 Å². The Labute approximate surface area is 174 Å². The zero-order valence-electron chi connectivity index (χ0n) is 17.7. The molecule has 0 saturated carbocycles. The quantitative estimate of drug-likeness (QED) is 0.526. The zero-order chi connectivity index (χ0) is 21.7. The van der Waals surface area contributed by atoms with Gasteiger partial charge in [-0.1, -0.05) is 18.2 Å². The number of benzene rings is 1. The molecule has 0 saturated heterocycles. The summed E-state index contributed by atoms with van der Waals surface area (Å²) >= 11 is 0. The van der Waals surface area contributed by atoms with E-state index in [0.717, 1.165) is 23.2 Å². The van der Waals surface area contributed by atoms with Crippen molar-refractivity contribution in [2.24, 2.45) is 14.1 Å². The van der Waals surface area contributed by atoms with Gasteiger partial charge in [-0.25, -0.2) is 9.78 Å². The fourth-order valence-electron chi connectivity index (χ4n) is 3.42. The molecule has 0 fully saturated rings. The summed E-state index contributed by atoms with van der Waals surface area (Å²) in [5, 5.41) is 2.94. The first-order chi connectivity index (χ1) is 14.4. The molecule has 3 aromatic rings. The van der Waals surface area contributed by atoms with E-state index in [9.17, 15) is 14.4 Å². The number of carbonyl (C=O) groups is 1. The first-order valence-electron chi connectivity index (χ1n) is 10.0. The Hall–Kier alpha value is -3.36. The molecule has 1 aromatic carbocycles. The topological polar surface area (TPSA) is 94.2 Å². The molecule has 0 aliphatic carbocycles. The highest BCUT2D eigenvalue weighted by Gasteiger charge is 2.14. The number of para-hydroxylation sites is 1. The van der Waals surface area contributed by atoms with Crippen molar-refractivity contribution >= 4 is 22.8 Å². The van der Waals surface area contributed by atoms with Crippen LogP contribution in [0.5, 0.6) is 0 Å². The van der Waals surface area contributed by atoms with Crippen molar-refractivity contribution in [3.63, 3.8) is 0 Å². The molecule has 2 heterocycles. The van der Waals surface area contributed by atoms with Crippen molar-refractivity contribution in [3.8, 4) is 0 Å². The van der Waals surface area contributed by atoms with E-state index in [2.05, 4.69) is 27.3 Å². The first kappa shape index (κ1) is 21.4. The minimum atomic E-state index is -0.407. The predicted octanol–water partition coefficient (Wildman–Crippen LogP) is 0.857. The Morgan fingerprint density at radius 3 is 2.57 bits per heavy atom. The third-order valence-corrected chi connectivity index (χ3v) is 5.21. The maximum absolute atomic E-state index is 12.4. The monoisotopic (exact) mass is 412 g/mol. The van der Waals surface area contributed by atoms with Gasteiger partial charge >= 0.3 is 5.69 Å². The van der Waals surface area contributed by atoms with E-state index >= 15 is 0 Å². The standard InChI is InChI=1S/C21H28N6O3/c1-24(16-9-5-4-6-10-16)13-8-12-22-17(28)11-7-14-27-15-23-19-18(27)20(29)26(3)21(30)25(19)2/h4-6,9-10,15H,7-8,11-14H2,1-3H3,(H,22,28). The van der Waals surface area contributed by atoms with Crippen molar-refractivity contribution in [3.05, 3.63) is 57.5 Å². The average Bonchev–Trinajstić information content (AvgIpc) is 3.18. The number of hydrogen-bond donors (Lipinski definition) is 1. The Kier molecular flexibility index (Phi) is 6.71. The summed E-state index contributed by atoms with van der Waals surface area (Å²) in [6.07, 6.45) is 3.34. The van der Waals surface area contributed by atoms with Crippen LogP contribution in [0, 0.1) is 0 Å². The number of aromatic nitrogens is 4. The molecule has 0 aliphatic rings. The van der Waals surface area contributed by atoms with E-state index in [1.807, 2.05) is 25.2 Å². The molecule has 9 nitrogen and oxygen atoms in total. The van der Waals surface area contributed by atoms with Gasteiger partial charge in [-0.2, -0.15) is 0 Å². The second kappa shape index (κ2) is 9.43. The van der Waals surface area contributed by atoms with Gasteiger partial charge < -0.3 is 14.8 Å². The summed E-state index contributed by atoms with van der Waals surface area (Å²) in [6.45, 7) is 1.95. The molecule has 2 aromatic heterocycles. The van der Waals surface area contributed by atoms with Gasteiger partial charge in [0.25, 0.3) is 5.56 Å². The van der Waals surface area contributed by atoms with Gasteiger partial charge in [0.15, 0.2) is 11.2 Å². The highest BCUT2D eigenvalue weighted by molar-refractivity contribution is 5.75. The van der Waals surface area contributed by atoms with Crippen LogP contribution in [0.3, 0.4) is 0 Å². The second-order valence-corrected chi connectivity index (χ2v) is 7.38. The summed E-state index contributed by atoms with van der Waals surface area (Å²) in [5.74, 6) is -0.0120. The number of nitrogens with one attached hydrogen (secondary N) is 1. The fraction of sp³-hybridized carbons (Fsp3) is 0.429. The molecule has 0 atom stereocenters. The Morgan fingerprint density at radius 1 is 1.10 bits per heavy atom. The lowest BCUT2D eigenvalue weighted by atomic mass is 10.2. The van der Waals surface area contributed by atoms with Gasteiger partial charge in [0.1, 0.15) is 0 Å². The number of imidazole rings is 1. The molecule has 0 bridgehead atoms. The Bertz CT molecular complexity index is 1130. The molecule has 160 valence electrons. The molecule has 0 aliphatic heterocycles. The van der Waals surface area contributed by atoms with Crippen molar-refractivity contribution in [2.75, 3.05) is 25.0 Å². The summed E-state index contributed by atoms with van der Waals surface area (Å²) in [7, 11) is 5.07. The average molecular weight is 412 g/mol. The predicted molar refractivity (Wildman–Crippen MR) is 117 cm³/mol.